The molecule has 0 saturated heterocycles. The average molecular weight is 274 g/mol. The molecule has 0 fully saturated rings. The van der Waals surface area contributed by atoms with Crippen LogP contribution in [0.1, 0.15) is 45.1 Å². The lowest BCUT2D eigenvalue weighted by Gasteiger charge is -2.15. The Hall–Kier alpha value is -2.63. The number of hydrogen-bond donors (Lipinski definition) is 2. The fraction of sp³-hybridized carbons (Fsp3) is 0.214. The van der Waals surface area contributed by atoms with Gasteiger partial charge in [-0.1, -0.05) is 29.4 Å². The Morgan fingerprint density at radius 3 is 2.65 bits per heavy atom. The zero-order valence-corrected chi connectivity index (χ0v) is 11.1. The van der Waals surface area contributed by atoms with E-state index in [4.69, 9.17) is 5.11 Å². The summed E-state index contributed by atoms with van der Waals surface area (Å²) in [5.74, 6) is -2.10. The molecule has 20 heavy (non-hydrogen) atoms. The van der Waals surface area contributed by atoms with Gasteiger partial charge in [0.2, 0.25) is 5.76 Å². The summed E-state index contributed by atoms with van der Waals surface area (Å²) < 4.78 is 4.55. The van der Waals surface area contributed by atoms with Gasteiger partial charge in [-0.15, -0.1) is 0 Å². The summed E-state index contributed by atoms with van der Waals surface area (Å²) in [5, 5.41) is 14.9. The van der Waals surface area contributed by atoms with Gasteiger partial charge in [-0.05, 0) is 25.0 Å². The highest BCUT2D eigenvalue weighted by Gasteiger charge is 2.19. The van der Waals surface area contributed by atoms with Crippen molar-refractivity contribution in [2.75, 3.05) is 0 Å². The minimum Gasteiger partial charge on any atom is -0.475 e. The molecule has 1 heterocycles. The molecule has 0 radical (unpaired) electrons. The number of amides is 1. The molecule has 1 aromatic heterocycles. The molecule has 2 N–H and O–H groups in total. The minimum atomic E-state index is -1.26. The molecule has 0 spiro atoms. The van der Waals surface area contributed by atoms with Crippen LogP contribution in [0.15, 0.2) is 34.9 Å². The van der Waals surface area contributed by atoms with Crippen LogP contribution in [0.4, 0.5) is 0 Å². The smallest absolute Gasteiger partial charge is 0.374 e. The molecule has 6 heteroatoms. The van der Waals surface area contributed by atoms with Crippen molar-refractivity contribution in [2.24, 2.45) is 0 Å². The molecule has 2 aromatic rings. The van der Waals surface area contributed by atoms with Crippen LogP contribution >= 0.6 is 0 Å². The molecule has 0 aliphatic heterocycles. The largest absolute Gasteiger partial charge is 0.475 e. The van der Waals surface area contributed by atoms with Crippen molar-refractivity contribution in [3.8, 4) is 0 Å². The van der Waals surface area contributed by atoms with Gasteiger partial charge in [0, 0.05) is 6.07 Å². The summed E-state index contributed by atoms with van der Waals surface area (Å²) in [6, 6.07) is 8.58. The van der Waals surface area contributed by atoms with Crippen LogP contribution in [-0.2, 0) is 0 Å². The first-order chi connectivity index (χ1) is 9.49. The van der Waals surface area contributed by atoms with E-state index in [0.717, 1.165) is 17.2 Å². The highest BCUT2D eigenvalue weighted by molar-refractivity contribution is 5.95. The van der Waals surface area contributed by atoms with E-state index < -0.39 is 11.9 Å². The number of rotatable bonds is 4. The monoisotopic (exact) mass is 274 g/mol. The summed E-state index contributed by atoms with van der Waals surface area (Å²) in [6.45, 7) is 3.80. The Morgan fingerprint density at radius 1 is 1.35 bits per heavy atom. The van der Waals surface area contributed by atoms with Crippen molar-refractivity contribution in [3.05, 3.63) is 52.9 Å². The maximum absolute atomic E-state index is 11.9. The summed E-state index contributed by atoms with van der Waals surface area (Å²) in [4.78, 5) is 22.6. The standard InChI is InChI=1S/C14H14N2O4/c1-8-5-3-4-6-10(8)9(2)15-13(17)11-7-12(14(18)19)20-16-11/h3-7,9H,1-2H3,(H,15,17)(H,18,19). The second-order valence-corrected chi connectivity index (χ2v) is 4.43. The van der Waals surface area contributed by atoms with E-state index in [-0.39, 0.29) is 17.5 Å². The third-order valence-electron chi connectivity index (χ3n) is 2.96. The molecule has 2 rings (SSSR count). The molecule has 1 atom stereocenters. The number of nitrogens with zero attached hydrogens (tertiary/aromatic N) is 1. The topological polar surface area (TPSA) is 92.4 Å². The van der Waals surface area contributed by atoms with Gasteiger partial charge in [-0.2, -0.15) is 0 Å². The number of carbonyl (C=O) groups is 2. The van der Waals surface area contributed by atoms with E-state index >= 15 is 0 Å². The lowest BCUT2D eigenvalue weighted by molar-refractivity contribution is 0.0651. The van der Waals surface area contributed by atoms with Crippen molar-refractivity contribution in [2.45, 2.75) is 19.9 Å². The molecular formula is C14H14N2O4. The van der Waals surface area contributed by atoms with E-state index in [1.54, 1.807) is 0 Å². The Labute approximate surface area is 115 Å². The molecule has 104 valence electrons. The van der Waals surface area contributed by atoms with Gasteiger partial charge >= 0.3 is 5.97 Å². The van der Waals surface area contributed by atoms with Crippen LogP contribution in [0.2, 0.25) is 0 Å². The number of carbonyl (C=O) groups excluding carboxylic acids is 1. The summed E-state index contributed by atoms with van der Waals surface area (Å²) in [7, 11) is 0. The van der Waals surface area contributed by atoms with E-state index in [2.05, 4.69) is 15.0 Å². The van der Waals surface area contributed by atoms with E-state index in [9.17, 15) is 9.59 Å². The molecule has 1 unspecified atom stereocenters. The van der Waals surface area contributed by atoms with E-state index in [1.807, 2.05) is 38.1 Å². The second kappa shape index (κ2) is 5.56. The van der Waals surface area contributed by atoms with Crippen molar-refractivity contribution >= 4 is 11.9 Å². The maximum atomic E-state index is 11.9. The van der Waals surface area contributed by atoms with Gasteiger partial charge in [0.15, 0.2) is 5.69 Å². The van der Waals surface area contributed by atoms with Crippen LogP contribution < -0.4 is 5.32 Å². The zero-order chi connectivity index (χ0) is 14.7. The third-order valence-corrected chi connectivity index (χ3v) is 2.96. The van der Waals surface area contributed by atoms with Crippen molar-refractivity contribution in [1.82, 2.24) is 10.5 Å². The van der Waals surface area contributed by atoms with Crippen LogP contribution in [-0.4, -0.2) is 22.1 Å². The van der Waals surface area contributed by atoms with Crippen LogP contribution in [0.5, 0.6) is 0 Å². The van der Waals surface area contributed by atoms with E-state index in [1.165, 1.54) is 0 Å². The number of aromatic nitrogens is 1. The van der Waals surface area contributed by atoms with Gasteiger partial charge in [0.25, 0.3) is 5.91 Å². The van der Waals surface area contributed by atoms with Gasteiger partial charge in [0.05, 0.1) is 6.04 Å². The Balaban J connectivity index is 2.11. The van der Waals surface area contributed by atoms with Gasteiger partial charge < -0.3 is 14.9 Å². The van der Waals surface area contributed by atoms with Crippen LogP contribution in [0, 0.1) is 6.92 Å². The molecule has 1 amide bonds. The molecule has 6 nitrogen and oxygen atoms in total. The quantitative estimate of drug-likeness (QED) is 0.891. The Bertz CT molecular complexity index is 648. The summed E-state index contributed by atoms with van der Waals surface area (Å²) in [6.07, 6.45) is 0. The highest BCUT2D eigenvalue weighted by Crippen LogP contribution is 2.17. The first kappa shape index (κ1) is 13.8. The number of nitrogens with one attached hydrogen (secondary N) is 1. The molecule has 0 aliphatic rings. The van der Waals surface area contributed by atoms with Crippen molar-refractivity contribution in [3.63, 3.8) is 0 Å². The molecule has 1 aromatic carbocycles. The van der Waals surface area contributed by atoms with Gasteiger partial charge in [0.1, 0.15) is 0 Å². The predicted molar refractivity (Wildman–Crippen MR) is 70.5 cm³/mol. The van der Waals surface area contributed by atoms with Crippen molar-refractivity contribution < 1.29 is 19.2 Å². The number of aromatic carboxylic acids is 1. The van der Waals surface area contributed by atoms with Crippen molar-refractivity contribution in [1.29, 1.82) is 0 Å². The predicted octanol–water partition coefficient (Wildman–Crippen LogP) is 2.17. The average Bonchev–Trinajstić information content (AvgIpc) is 2.88. The van der Waals surface area contributed by atoms with Gasteiger partial charge in [-0.3, -0.25) is 4.79 Å². The summed E-state index contributed by atoms with van der Waals surface area (Å²) in [5.41, 5.74) is 2.00. The second-order valence-electron chi connectivity index (χ2n) is 4.43. The third kappa shape index (κ3) is 2.85. The molecule has 0 saturated carbocycles. The first-order valence-corrected chi connectivity index (χ1v) is 6.05. The number of benzene rings is 1. The lowest BCUT2D eigenvalue weighted by Crippen LogP contribution is -2.27. The first-order valence-electron chi connectivity index (χ1n) is 6.05. The number of aryl methyl sites for hydroxylation is 1. The fourth-order valence-electron chi connectivity index (χ4n) is 1.90. The number of carboxylic acid groups (broad SMARTS) is 1. The molecular weight excluding hydrogens is 260 g/mol. The normalized spacial score (nSPS) is 11.9. The zero-order valence-electron chi connectivity index (χ0n) is 11.1. The SMILES string of the molecule is Cc1ccccc1C(C)NC(=O)c1cc(C(=O)O)on1. The van der Waals surface area contributed by atoms with Crippen LogP contribution in [0.25, 0.3) is 0 Å². The van der Waals surface area contributed by atoms with E-state index in [0.29, 0.717) is 0 Å². The number of carboxylic acids is 1. The van der Waals surface area contributed by atoms with Gasteiger partial charge in [-0.25, -0.2) is 4.79 Å². The minimum absolute atomic E-state index is 0.0529. The molecule has 0 bridgehead atoms. The summed E-state index contributed by atoms with van der Waals surface area (Å²) >= 11 is 0. The molecule has 0 aliphatic carbocycles. The Kier molecular flexibility index (Phi) is 3.84. The maximum Gasteiger partial charge on any atom is 0.374 e. The van der Waals surface area contributed by atoms with Crippen LogP contribution in [0.3, 0.4) is 0 Å². The highest BCUT2D eigenvalue weighted by atomic mass is 16.5. The lowest BCUT2D eigenvalue weighted by atomic mass is 10.0. The number of hydrogen-bond acceptors (Lipinski definition) is 4. The Morgan fingerprint density at radius 2 is 2.05 bits per heavy atom. The fourth-order valence-corrected chi connectivity index (χ4v) is 1.90.